The van der Waals surface area contributed by atoms with E-state index in [9.17, 15) is 9.59 Å². The summed E-state index contributed by atoms with van der Waals surface area (Å²) in [5, 5.41) is 3.09. The average molecular weight is 319 g/mol. The van der Waals surface area contributed by atoms with Gasteiger partial charge in [-0.15, -0.1) is 11.3 Å². The van der Waals surface area contributed by atoms with Gasteiger partial charge in [0.05, 0.1) is 18.3 Å². The maximum Gasteiger partial charge on any atom is 0.263 e. The van der Waals surface area contributed by atoms with Gasteiger partial charge in [-0.1, -0.05) is 23.7 Å². The molecule has 0 bridgehead atoms. The Morgan fingerprint density at radius 1 is 1.33 bits per heavy atom. The van der Waals surface area contributed by atoms with Gasteiger partial charge in [-0.2, -0.15) is 0 Å². The van der Waals surface area contributed by atoms with Crippen molar-refractivity contribution in [2.75, 3.05) is 0 Å². The van der Waals surface area contributed by atoms with E-state index in [1.807, 2.05) is 17.5 Å². The van der Waals surface area contributed by atoms with Crippen molar-refractivity contribution in [3.63, 3.8) is 0 Å². The van der Waals surface area contributed by atoms with Crippen molar-refractivity contribution in [1.29, 1.82) is 0 Å². The SMILES string of the molecule is CC(=O)Cn1cnc2scc(-c3ccc(Cl)cc3)c2c1=O. The maximum absolute atomic E-state index is 12.5. The van der Waals surface area contributed by atoms with E-state index in [0.717, 1.165) is 11.1 Å². The van der Waals surface area contributed by atoms with E-state index in [1.165, 1.54) is 29.2 Å². The lowest BCUT2D eigenvalue weighted by Crippen LogP contribution is -2.23. The second kappa shape index (κ2) is 5.42. The highest BCUT2D eigenvalue weighted by Crippen LogP contribution is 2.31. The molecule has 106 valence electrons. The summed E-state index contributed by atoms with van der Waals surface area (Å²) >= 11 is 7.30. The van der Waals surface area contributed by atoms with Gasteiger partial charge < -0.3 is 0 Å². The molecule has 2 aromatic heterocycles. The molecule has 6 heteroatoms. The Morgan fingerprint density at radius 3 is 2.71 bits per heavy atom. The fourth-order valence-corrected chi connectivity index (χ4v) is 3.19. The van der Waals surface area contributed by atoms with Crippen LogP contribution in [0.5, 0.6) is 0 Å². The molecule has 0 aliphatic rings. The van der Waals surface area contributed by atoms with E-state index in [1.54, 1.807) is 12.1 Å². The lowest BCUT2D eigenvalue weighted by molar-refractivity contribution is -0.117. The summed E-state index contributed by atoms with van der Waals surface area (Å²) in [5.74, 6) is -0.0819. The summed E-state index contributed by atoms with van der Waals surface area (Å²) in [6, 6.07) is 7.30. The minimum Gasteiger partial charge on any atom is -0.298 e. The van der Waals surface area contributed by atoms with Crippen molar-refractivity contribution in [2.24, 2.45) is 0 Å². The summed E-state index contributed by atoms with van der Waals surface area (Å²) in [4.78, 5) is 28.7. The van der Waals surface area contributed by atoms with Gasteiger partial charge in [0.25, 0.3) is 5.56 Å². The number of aromatic nitrogens is 2. The van der Waals surface area contributed by atoms with Crippen molar-refractivity contribution >= 4 is 38.9 Å². The van der Waals surface area contributed by atoms with Crippen LogP contribution in [0.25, 0.3) is 21.3 Å². The number of Topliss-reactive ketones (excluding diaryl/α,β-unsaturated/α-hetero) is 1. The molecular weight excluding hydrogens is 308 g/mol. The largest absolute Gasteiger partial charge is 0.298 e. The predicted molar refractivity (Wildman–Crippen MR) is 85.0 cm³/mol. The number of hydrogen-bond donors (Lipinski definition) is 0. The van der Waals surface area contributed by atoms with Gasteiger partial charge in [-0.25, -0.2) is 4.98 Å². The fourth-order valence-electron chi connectivity index (χ4n) is 2.16. The van der Waals surface area contributed by atoms with Gasteiger partial charge in [0.2, 0.25) is 0 Å². The molecule has 0 radical (unpaired) electrons. The molecule has 0 fully saturated rings. The van der Waals surface area contributed by atoms with Crippen molar-refractivity contribution in [3.8, 4) is 11.1 Å². The zero-order valence-corrected chi connectivity index (χ0v) is 12.7. The predicted octanol–water partition coefficient (Wildman–Crippen LogP) is 3.37. The van der Waals surface area contributed by atoms with Crippen molar-refractivity contribution < 1.29 is 4.79 Å². The molecular formula is C15H11ClN2O2S. The highest BCUT2D eigenvalue weighted by molar-refractivity contribution is 7.17. The zero-order valence-electron chi connectivity index (χ0n) is 11.2. The Morgan fingerprint density at radius 2 is 2.05 bits per heavy atom. The summed E-state index contributed by atoms with van der Waals surface area (Å²) in [5.41, 5.74) is 1.54. The van der Waals surface area contributed by atoms with Crippen LogP contribution in [0.4, 0.5) is 0 Å². The lowest BCUT2D eigenvalue weighted by atomic mass is 10.1. The Bertz CT molecular complexity index is 881. The van der Waals surface area contributed by atoms with Gasteiger partial charge in [0.1, 0.15) is 10.6 Å². The molecule has 0 atom stereocenters. The third-order valence-electron chi connectivity index (χ3n) is 3.11. The Kier molecular flexibility index (Phi) is 3.61. The van der Waals surface area contributed by atoms with Gasteiger partial charge in [0, 0.05) is 16.0 Å². The number of rotatable bonds is 3. The number of carbonyl (C=O) groups excluding carboxylic acids is 1. The highest BCUT2D eigenvalue weighted by Gasteiger charge is 2.13. The van der Waals surface area contributed by atoms with E-state index in [2.05, 4.69) is 4.98 Å². The quantitative estimate of drug-likeness (QED) is 0.744. The minimum absolute atomic E-state index is 0.0394. The van der Waals surface area contributed by atoms with Crippen LogP contribution in [-0.2, 0) is 11.3 Å². The molecule has 0 saturated carbocycles. The number of nitrogens with zero attached hydrogens (tertiary/aromatic N) is 2. The Hall–Kier alpha value is -1.98. The molecule has 21 heavy (non-hydrogen) atoms. The molecule has 4 nitrogen and oxygen atoms in total. The Labute approximate surface area is 129 Å². The second-order valence-electron chi connectivity index (χ2n) is 4.72. The maximum atomic E-state index is 12.5. The standard InChI is InChI=1S/C15H11ClN2O2S/c1-9(19)6-18-8-17-14-13(15(18)20)12(7-21-14)10-2-4-11(16)5-3-10/h2-5,7-8H,6H2,1H3. The van der Waals surface area contributed by atoms with Crippen molar-refractivity contribution in [3.05, 3.63) is 51.3 Å². The first-order valence-corrected chi connectivity index (χ1v) is 7.54. The monoisotopic (exact) mass is 318 g/mol. The first-order chi connectivity index (χ1) is 10.1. The smallest absolute Gasteiger partial charge is 0.263 e. The van der Waals surface area contributed by atoms with Crippen LogP contribution in [-0.4, -0.2) is 15.3 Å². The molecule has 0 unspecified atom stereocenters. The van der Waals surface area contributed by atoms with E-state index in [0.29, 0.717) is 15.2 Å². The second-order valence-corrected chi connectivity index (χ2v) is 6.01. The van der Waals surface area contributed by atoms with Crippen LogP contribution in [0, 0.1) is 0 Å². The molecule has 2 heterocycles. The summed E-state index contributed by atoms with van der Waals surface area (Å²) in [6.45, 7) is 1.49. The molecule has 0 amide bonds. The molecule has 0 aliphatic heterocycles. The normalized spacial score (nSPS) is 11.0. The topological polar surface area (TPSA) is 52.0 Å². The summed E-state index contributed by atoms with van der Waals surface area (Å²) in [6.07, 6.45) is 1.42. The third kappa shape index (κ3) is 2.62. The number of hydrogen-bond acceptors (Lipinski definition) is 4. The Balaban J connectivity index is 2.22. The molecule has 3 rings (SSSR count). The van der Waals surface area contributed by atoms with Crippen LogP contribution in [0.1, 0.15) is 6.92 Å². The van der Waals surface area contributed by atoms with E-state index >= 15 is 0 Å². The fraction of sp³-hybridized carbons (Fsp3) is 0.133. The van der Waals surface area contributed by atoms with Gasteiger partial charge in [-0.05, 0) is 24.6 Å². The number of benzene rings is 1. The van der Waals surface area contributed by atoms with Crippen LogP contribution < -0.4 is 5.56 Å². The number of ketones is 1. The highest BCUT2D eigenvalue weighted by atomic mass is 35.5. The van der Waals surface area contributed by atoms with Crippen molar-refractivity contribution in [2.45, 2.75) is 13.5 Å². The number of fused-ring (bicyclic) bond motifs is 1. The van der Waals surface area contributed by atoms with Crippen molar-refractivity contribution in [1.82, 2.24) is 9.55 Å². The third-order valence-corrected chi connectivity index (χ3v) is 4.25. The number of thiophene rings is 1. The van der Waals surface area contributed by atoms with Gasteiger partial charge >= 0.3 is 0 Å². The number of halogens is 1. The molecule has 0 N–H and O–H groups in total. The minimum atomic E-state index is -0.193. The molecule has 0 spiro atoms. The molecule has 0 saturated heterocycles. The van der Waals surface area contributed by atoms with Crippen LogP contribution in [0.15, 0.2) is 40.8 Å². The van der Waals surface area contributed by atoms with Crippen LogP contribution >= 0.6 is 22.9 Å². The lowest BCUT2D eigenvalue weighted by Gasteiger charge is -2.04. The van der Waals surface area contributed by atoms with Gasteiger partial charge in [0.15, 0.2) is 0 Å². The van der Waals surface area contributed by atoms with E-state index in [-0.39, 0.29) is 17.9 Å². The van der Waals surface area contributed by atoms with Gasteiger partial charge in [-0.3, -0.25) is 14.2 Å². The van der Waals surface area contributed by atoms with E-state index in [4.69, 9.17) is 11.6 Å². The summed E-state index contributed by atoms with van der Waals surface area (Å²) < 4.78 is 1.34. The van der Waals surface area contributed by atoms with Crippen LogP contribution in [0.2, 0.25) is 5.02 Å². The molecule has 0 aliphatic carbocycles. The molecule has 1 aromatic carbocycles. The first-order valence-electron chi connectivity index (χ1n) is 6.28. The molecule has 3 aromatic rings. The summed E-state index contributed by atoms with van der Waals surface area (Å²) in [7, 11) is 0. The van der Waals surface area contributed by atoms with E-state index < -0.39 is 0 Å². The average Bonchev–Trinajstić information content (AvgIpc) is 2.87. The number of carbonyl (C=O) groups is 1. The first kappa shape index (κ1) is 14.0. The van der Waals surface area contributed by atoms with Crippen LogP contribution in [0.3, 0.4) is 0 Å². The zero-order chi connectivity index (χ0) is 15.0.